The highest BCUT2D eigenvalue weighted by Crippen LogP contribution is 2.36. The Bertz CT molecular complexity index is 342. The number of benzene rings is 1. The van der Waals surface area contributed by atoms with Crippen LogP contribution in [0, 0.1) is 11.8 Å². The van der Waals surface area contributed by atoms with Crippen molar-refractivity contribution in [3.8, 4) is 5.75 Å². The Balaban J connectivity index is 1.57. The average Bonchev–Trinajstić information content (AvgIpc) is 2.94. The molecular weight excluding hydrogens is 266 g/mol. The summed E-state index contributed by atoms with van der Waals surface area (Å²) in [5.41, 5.74) is 0. The van der Waals surface area contributed by atoms with E-state index in [1.165, 1.54) is 6.42 Å². The summed E-state index contributed by atoms with van der Waals surface area (Å²) in [6.07, 6.45) is 1.39. The molecule has 3 heteroatoms. The van der Waals surface area contributed by atoms with Gasteiger partial charge in [0.25, 0.3) is 0 Å². The van der Waals surface area contributed by atoms with Crippen molar-refractivity contribution in [2.75, 3.05) is 19.7 Å². The van der Waals surface area contributed by atoms with Crippen LogP contribution in [-0.4, -0.2) is 19.7 Å². The van der Waals surface area contributed by atoms with Gasteiger partial charge in [0.2, 0.25) is 0 Å². The van der Waals surface area contributed by atoms with Crippen LogP contribution in [0.4, 0.5) is 0 Å². The third-order valence-electron chi connectivity index (χ3n) is 3.03. The van der Waals surface area contributed by atoms with Crippen molar-refractivity contribution >= 4 is 15.9 Å². The van der Waals surface area contributed by atoms with E-state index in [2.05, 4.69) is 28.2 Å². The van der Waals surface area contributed by atoms with Crippen molar-refractivity contribution in [3.05, 3.63) is 28.7 Å². The molecule has 1 aromatic rings. The molecule has 0 aliphatic heterocycles. The van der Waals surface area contributed by atoms with Gasteiger partial charge in [-0.2, -0.15) is 0 Å². The predicted molar refractivity (Wildman–Crippen MR) is 69.8 cm³/mol. The molecule has 0 radical (unpaired) electrons. The topological polar surface area (TPSA) is 21.3 Å². The first-order chi connectivity index (χ1) is 7.75. The molecule has 0 spiro atoms. The van der Waals surface area contributed by atoms with Gasteiger partial charge in [-0.25, -0.2) is 0 Å². The molecule has 16 heavy (non-hydrogen) atoms. The zero-order valence-electron chi connectivity index (χ0n) is 9.58. The first kappa shape index (κ1) is 11.9. The maximum atomic E-state index is 5.62. The lowest BCUT2D eigenvalue weighted by Gasteiger charge is -2.07. The number of hydrogen-bond acceptors (Lipinski definition) is 2. The van der Waals surface area contributed by atoms with Gasteiger partial charge in [-0.3, -0.25) is 0 Å². The minimum Gasteiger partial charge on any atom is -0.492 e. The van der Waals surface area contributed by atoms with Crippen LogP contribution >= 0.6 is 15.9 Å². The van der Waals surface area contributed by atoms with Gasteiger partial charge in [-0.05, 0) is 43.0 Å². The lowest BCUT2D eigenvalue weighted by atomic mass is 10.3. The monoisotopic (exact) mass is 283 g/mol. The van der Waals surface area contributed by atoms with Crippen LogP contribution in [0.25, 0.3) is 0 Å². The van der Waals surface area contributed by atoms with Crippen LogP contribution in [0.3, 0.4) is 0 Å². The third-order valence-corrected chi connectivity index (χ3v) is 3.52. The number of halogens is 1. The quantitative estimate of drug-likeness (QED) is 0.811. The molecule has 0 saturated heterocycles. The largest absolute Gasteiger partial charge is 0.492 e. The van der Waals surface area contributed by atoms with Gasteiger partial charge in [-0.15, -0.1) is 0 Å². The Labute approximate surface area is 106 Å². The van der Waals surface area contributed by atoms with Gasteiger partial charge in [0, 0.05) is 11.0 Å². The van der Waals surface area contributed by atoms with E-state index in [1.54, 1.807) is 0 Å². The van der Waals surface area contributed by atoms with Crippen LogP contribution in [-0.2, 0) is 0 Å². The summed E-state index contributed by atoms with van der Waals surface area (Å²) in [6, 6.07) is 7.95. The highest BCUT2D eigenvalue weighted by Gasteiger charge is 2.31. The predicted octanol–water partition coefficient (Wildman–Crippen LogP) is 3.07. The van der Waals surface area contributed by atoms with Gasteiger partial charge in [0.05, 0.1) is 0 Å². The first-order valence-corrected chi connectivity index (χ1v) is 6.64. The van der Waals surface area contributed by atoms with Crippen molar-refractivity contribution in [2.45, 2.75) is 13.3 Å². The minimum atomic E-state index is 0.734. The summed E-state index contributed by atoms with van der Waals surface area (Å²) in [5, 5.41) is 3.43. The van der Waals surface area contributed by atoms with Crippen LogP contribution in [0.15, 0.2) is 28.7 Å². The number of nitrogens with one attached hydrogen (secondary N) is 1. The second-order valence-corrected chi connectivity index (χ2v) is 5.40. The molecular formula is C13H18BrNO. The third kappa shape index (κ3) is 3.80. The smallest absolute Gasteiger partial charge is 0.120 e. The second-order valence-electron chi connectivity index (χ2n) is 4.48. The van der Waals surface area contributed by atoms with Gasteiger partial charge in [0.15, 0.2) is 0 Å². The molecule has 2 nitrogen and oxygen atoms in total. The summed E-state index contributed by atoms with van der Waals surface area (Å²) in [7, 11) is 0. The standard InChI is InChI=1S/C13H18BrNO/c1-10-7-11(10)9-15-5-6-16-13-4-2-3-12(14)8-13/h2-4,8,10-11,15H,5-7,9H2,1H3. The van der Waals surface area contributed by atoms with E-state index < -0.39 is 0 Å². The second kappa shape index (κ2) is 5.69. The van der Waals surface area contributed by atoms with E-state index in [-0.39, 0.29) is 0 Å². The highest BCUT2D eigenvalue weighted by molar-refractivity contribution is 9.10. The van der Waals surface area contributed by atoms with Gasteiger partial charge < -0.3 is 10.1 Å². The zero-order chi connectivity index (χ0) is 11.4. The molecule has 2 unspecified atom stereocenters. The summed E-state index contributed by atoms with van der Waals surface area (Å²) in [4.78, 5) is 0. The van der Waals surface area contributed by atoms with E-state index in [4.69, 9.17) is 4.74 Å². The fourth-order valence-corrected chi connectivity index (χ4v) is 2.15. The maximum Gasteiger partial charge on any atom is 0.120 e. The molecule has 1 aromatic carbocycles. The lowest BCUT2D eigenvalue weighted by Crippen LogP contribution is -2.23. The van der Waals surface area contributed by atoms with E-state index in [0.29, 0.717) is 0 Å². The van der Waals surface area contributed by atoms with E-state index in [1.807, 2.05) is 24.3 Å². The normalized spacial score (nSPS) is 23.1. The molecule has 2 rings (SSSR count). The molecule has 1 fully saturated rings. The number of hydrogen-bond donors (Lipinski definition) is 1. The van der Waals surface area contributed by atoms with Crippen molar-refractivity contribution in [1.82, 2.24) is 5.32 Å². The number of rotatable bonds is 6. The maximum absolute atomic E-state index is 5.62. The van der Waals surface area contributed by atoms with E-state index in [9.17, 15) is 0 Å². The van der Waals surface area contributed by atoms with Crippen LogP contribution in [0.2, 0.25) is 0 Å². The average molecular weight is 284 g/mol. The molecule has 2 atom stereocenters. The van der Waals surface area contributed by atoms with Gasteiger partial charge in [0.1, 0.15) is 12.4 Å². The Hall–Kier alpha value is -0.540. The van der Waals surface area contributed by atoms with Crippen LogP contribution in [0.5, 0.6) is 5.75 Å². The van der Waals surface area contributed by atoms with E-state index >= 15 is 0 Å². The summed E-state index contributed by atoms with van der Waals surface area (Å²) >= 11 is 3.42. The number of ether oxygens (including phenoxy) is 1. The SMILES string of the molecule is CC1CC1CNCCOc1cccc(Br)c1. The Morgan fingerprint density at radius 1 is 1.50 bits per heavy atom. The van der Waals surface area contributed by atoms with Gasteiger partial charge >= 0.3 is 0 Å². The fourth-order valence-electron chi connectivity index (χ4n) is 1.77. The molecule has 1 N–H and O–H groups in total. The Kier molecular flexibility index (Phi) is 4.24. The summed E-state index contributed by atoms with van der Waals surface area (Å²) in [5.74, 6) is 2.76. The molecule has 1 saturated carbocycles. The molecule has 0 heterocycles. The molecule has 0 aromatic heterocycles. The Morgan fingerprint density at radius 3 is 3.00 bits per heavy atom. The molecule has 1 aliphatic carbocycles. The van der Waals surface area contributed by atoms with Crippen molar-refractivity contribution in [3.63, 3.8) is 0 Å². The molecule has 1 aliphatic rings. The highest BCUT2D eigenvalue weighted by atomic mass is 79.9. The van der Waals surface area contributed by atoms with E-state index in [0.717, 1.165) is 41.8 Å². The molecule has 88 valence electrons. The summed E-state index contributed by atoms with van der Waals surface area (Å²) < 4.78 is 6.68. The summed E-state index contributed by atoms with van der Waals surface area (Å²) in [6.45, 7) is 5.11. The molecule has 0 bridgehead atoms. The van der Waals surface area contributed by atoms with Crippen LogP contribution < -0.4 is 10.1 Å². The fraction of sp³-hybridized carbons (Fsp3) is 0.538. The van der Waals surface area contributed by atoms with Crippen LogP contribution in [0.1, 0.15) is 13.3 Å². The minimum absolute atomic E-state index is 0.734. The zero-order valence-corrected chi connectivity index (χ0v) is 11.2. The first-order valence-electron chi connectivity index (χ1n) is 5.85. The van der Waals surface area contributed by atoms with Crippen molar-refractivity contribution < 1.29 is 4.74 Å². The molecule has 0 amide bonds. The van der Waals surface area contributed by atoms with Gasteiger partial charge in [-0.1, -0.05) is 28.9 Å². The van der Waals surface area contributed by atoms with Crippen molar-refractivity contribution in [1.29, 1.82) is 0 Å². The van der Waals surface area contributed by atoms with Crippen molar-refractivity contribution in [2.24, 2.45) is 11.8 Å². The lowest BCUT2D eigenvalue weighted by molar-refractivity contribution is 0.312. The Morgan fingerprint density at radius 2 is 2.31 bits per heavy atom.